The first-order valence-corrected chi connectivity index (χ1v) is 17.0. The number of rotatable bonds is 13. The van der Waals surface area contributed by atoms with Gasteiger partial charge in [-0.25, -0.2) is 4.79 Å². The lowest BCUT2D eigenvalue weighted by Crippen LogP contribution is -2.55. The molecule has 7 heteroatoms. The van der Waals surface area contributed by atoms with Crippen LogP contribution in [0.25, 0.3) is 10.8 Å². The fourth-order valence-corrected chi connectivity index (χ4v) is 5.74. The topological polar surface area (TPSA) is 96.9 Å². The van der Waals surface area contributed by atoms with Crippen LogP contribution in [0, 0.1) is 6.92 Å². The second kappa shape index (κ2) is 16.7. The molecule has 3 atom stereocenters. The zero-order valence-corrected chi connectivity index (χ0v) is 29.1. The number of benzene rings is 5. The summed E-state index contributed by atoms with van der Waals surface area (Å²) in [5, 5.41) is 8.13. The van der Waals surface area contributed by atoms with E-state index in [4.69, 9.17) is 9.73 Å². The normalized spacial score (nSPS) is 13.4. The summed E-state index contributed by atoms with van der Waals surface area (Å²) in [6.45, 7) is 7.34. The lowest BCUT2D eigenvalue weighted by molar-refractivity contribution is -0.158. The predicted molar refractivity (Wildman–Crippen MR) is 200 cm³/mol. The molecule has 0 aliphatic rings. The number of esters is 1. The molecule has 0 aliphatic heterocycles. The SMILES string of the molecule is Cc1ccccc1C[C@@H](NC(=O)[C@@H](Cc1ccc2ccccc2c1)N=Cc1ccccc1)C(=O)N[C@@H](Cc1ccccc1)C(=O)OC(C)(C)C. The quantitative estimate of drug-likeness (QED) is 0.105. The average Bonchev–Trinajstić information content (AvgIpc) is 3.10. The van der Waals surface area contributed by atoms with Crippen LogP contribution in [0.5, 0.6) is 0 Å². The molecule has 7 nitrogen and oxygen atoms in total. The lowest BCUT2D eigenvalue weighted by atomic mass is 9.98. The molecule has 0 bridgehead atoms. The molecule has 5 aromatic carbocycles. The Labute approximate surface area is 294 Å². The maximum absolute atomic E-state index is 14.2. The smallest absolute Gasteiger partial charge is 0.329 e. The van der Waals surface area contributed by atoms with Crippen LogP contribution in [0.1, 0.15) is 48.6 Å². The van der Waals surface area contributed by atoms with Crippen LogP contribution in [-0.2, 0) is 38.4 Å². The molecule has 5 aromatic rings. The average molecular weight is 668 g/mol. The molecule has 0 aliphatic carbocycles. The Morgan fingerprint density at radius 2 is 1.28 bits per heavy atom. The third-order valence-corrected chi connectivity index (χ3v) is 8.36. The highest BCUT2D eigenvalue weighted by molar-refractivity contribution is 5.94. The third-order valence-electron chi connectivity index (χ3n) is 8.36. The van der Waals surface area contributed by atoms with Crippen molar-refractivity contribution in [3.8, 4) is 0 Å². The molecule has 0 saturated carbocycles. The van der Waals surface area contributed by atoms with Crippen LogP contribution >= 0.6 is 0 Å². The standard InChI is InChI=1S/C43H45N3O4/c1-30-15-11-12-21-35(30)28-38(41(48)46-39(42(49)50-43(2,3)4)26-31-16-7-5-8-17-31)45-40(47)37(44-29-32-18-9-6-10-19-32)27-33-23-24-34-20-13-14-22-36(34)25-33/h5-25,29,37-39H,26-28H2,1-4H3,(H,45,47)(H,46,48)/t37-,38-,39+/m1/s1. The van der Waals surface area contributed by atoms with Gasteiger partial charge in [0.2, 0.25) is 11.8 Å². The second-order valence-electron chi connectivity index (χ2n) is 13.6. The minimum Gasteiger partial charge on any atom is -0.458 e. The van der Waals surface area contributed by atoms with Crippen molar-refractivity contribution >= 4 is 34.8 Å². The van der Waals surface area contributed by atoms with E-state index in [0.29, 0.717) is 6.42 Å². The number of fused-ring (bicyclic) bond motifs is 1. The highest BCUT2D eigenvalue weighted by Gasteiger charge is 2.32. The molecule has 0 spiro atoms. The Morgan fingerprint density at radius 1 is 0.660 bits per heavy atom. The van der Waals surface area contributed by atoms with E-state index in [0.717, 1.165) is 38.6 Å². The number of carbonyl (C=O) groups is 3. The molecule has 0 fully saturated rings. The van der Waals surface area contributed by atoms with Gasteiger partial charge in [-0.3, -0.25) is 14.6 Å². The fourth-order valence-electron chi connectivity index (χ4n) is 5.74. The molecule has 5 rings (SSSR count). The van der Waals surface area contributed by atoms with Gasteiger partial charge >= 0.3 is 5.97 Å². The van der Waals surface area contributed by atoms with Gasteiger partial charge in [0.15, 0.2) is 0 Å². The van der Waals surface area contributed by atoms with E-state index < -0.39 is 41.5 Å². The fraction of sp³-hybridized carbons (Fsp3) is 0.256. The van der Waals surface area contributed by atoms with Crippen molar-refractivity contribution in [2.75, 3.05) is 0 Å². The number of aliphatic imine (C=N–C) groups is 1. The zero-order valence-electron chi connectivity index (χ0n) is 29.1. The Balaban J connectivity index is 1.44. The largest absolute Gasteiger partial charge is 0.458 e. The van der Waals surface area contributed by atoms with Gasteiger partial charge in [-0.05, 0) is 66.3 Å². The van der Waals surface area contributed by atoms with Gasteiger partial charge in [0, 0.05) is 25.5 Å². The van der Waals surface area contributed by atoms with Crippen LogP contribution in [0.4, 0.5) is 0 Å². The van der Waals surface area contributed by atoms with Crippen molar-refractivity contribution in [1.29, 1.82) is 0 Å². The summed E-state index contributed by atoms with van der Waals surface area (Å²) in [6, 6.07) is 38.2. The number of hydrogen-bond donors (Lipinski definition) is 2. The molecular weight excluding hydrogens is 622 g/mol. The molecule has 0 heterocycles. The van der Waals surface area contributed by atoms with Crippen LogP contribution < -0.4 is 10.6 Å². The first-order valence-electron chi connectivity index (χ1n) is 17.0. The number of nitrogens with zero attached hydrogens (tertiary/aromatic N) is 1. The summed E-state index contributed by atoms with van der Waals surface area (Å²) in [6.07, 6.45) is 2.48. The first-order chi connectivity index (χ1) is 24.0. The van der Waals surface area contributed by atoms with Crippen LogP contribution in [-0.4, -0.2) is 47.7 Å². The van der Waals surface area contributed by atoms with E-state index in [9.17, 15) is 14.4 Å². The minimum absolute atomic E-state index is 0.224. The van der Waals surface area contributed by atoms with Crippen molar-refractivity contribution in [3.05, 3.63) is 155 Å². The number of aryl methyl sites for hydroxylation is 1. The molecule has 0 aromatic heterocycles. The molecule has 0 unspecified atom stereocenters. The van der Waals surface area contributed by atoms with Crippen molar-refractivity contribution in [3.63, 3.8) is 0 Å². The molecule has 50 heavy (non-hydrogen) atoms. The van der Waals surface area contributed by atoms with E-state index >= 15 is 0 Å². The van der Waals surface area contributed by atoms with E-state index in [2.05, 4.69) is 16.7 Å². The van der Waals surface area contributed by atoms with E-state index in [1.165, 1.54) is 0 Å². The summed E-state index contributed by atoms with van der Waals surface area (Å²) < 4.78 is 5.72. The van der Waals surface area contributed by atoms with Crippen LogP contribution in [0.3, 0.4) is 0 Å². The first kappa shape index (κ1) is 35.7. The molecule has 2 N–H and O–H groups in total. The highest BCUT2D eigenvalue weighted by atomic mass is 16.6. The summed E-state index contributed by atoms with van der Waals surface area (Å²) in [5.41, 5.74) is 3.82. The van der Waals surface area contributed by atoms with Gasteiger partial charge in [0.25, 0.3) is 0 Å². The van der Waals surface area contributed by atoms with Gasteiger partial charge in [0.05, 0.1) is 0 Å². The number of hydrogen-bond acceptors (Lipinski definition) is 5. The van der Waals surface area contributed by atoms with Crippen LogP contribution in [0.2, 0.25) is 0 Å². The molecular formula is C43H45N3O4. The Kier molecular flexibility index (Phi) is 11.9. The number of amides is 2. The van der Waals surface area contributed by atoms with Crippen molar-refractivity contribution in [2.24, 2.45) is 4.99 Å². The zero-order chi connectivity index (χ0) is 35.5. The van der Waals surface area contributed by atoms with Gasteiger partial charge in [0.1, 0.15) is 23.7 Å². The Hall–Kier alpha value is -5.56. The highest BCUT2D eigenvalue weighted by Crippen LogP contribution is 2.19. The Bertz CT molecular complexity index is 1930. The van der Waals surface area contributed by atoms with E-state index in [-0.39, 0.29) is 12.8 Å². The van der Waals surface area contributed by atoms with Gasteiger partial charge in [-0.15, -0.1) is 0 Å². The van der Waals surface area contributed by atoms with E-state index in [1.807, 2.05) is 128 Å². The predicted octanol–water partition coefficient (Wildman–Crippen LogP) is 6.98. The number of ether oxygens (including phenoxy) is 1. The van der Waals surface area contributed by atoms with E-state index in [1.54, 1.807) is 27.0 Å². The summed E-state index contributed by atoms with van der Waals surface area (Å²) in [5.74, 6) is -1.42. The van der Waals surface area contributed by atoms with Crippen LogP contribution in [0.15, 0.2) is 132 Å². The van der Waals surface area contributed by atoms with Crippen molar-refractivity contribution in [2.45, 2.75) is 70.7 Å². The maximum atomic E-state index is 14.2. The summed E-state index contributed by atoms with van der Waals surface area (Å²) in [4.78, 5) is 46.6. The minimum atomic E-state index is -0.990. The van der Waals surface area contributed by atoms with Gasteiger partial charge in [-0.2, -0.15) is 0 Å². The summed E-state index contributed by atoms with van der Waals surface area (Å²) in [7, 11) is 0. The molecule has 0 radical (unpaired) electrons. The second-order valence-corrected chi connectivity index (χ2v) is 13.6. The molecule has 2 amide bonds. The molecule has 256 valence electrons. The third kappa shape index (κ3) is 10.5. The van der Waals surface area contributed by atoms with Gasteiger partial charge in [-0.1, -0.05) is 127 Å². The van der Waals surface area contributed by atoms with Crippen molar-refractivity contribution < 1.29 is 19.1 Å². The summed E-state index contributed by atoms with van der Waals surface area (Å²) >= 11 is 0. The monoisotopic (exact) mass is 667 g/mol. The number of nitrogens with one attached hydrogen (secondary N) is 2. The van der Waals surface area contributed by atoms with Gasteiger partial charge < -0.3 is 15.4 Å². The molecule has 0 saturated heterocycles. The lowest BCUT2D eigenvalue weighted by Gasteiger charge is -2.27. The Morgan fingerprint density at radius 3 is 1.98 bits per heavy atom. The van der Waals surface area contributed by atoms with Crippen molar-refractivity contribution in [1.82, 2.24) is 10.6 Å². The maximum Gasteiger partial charge on any atom is 0.329 e. The number of carbonyl (C=O) groups excluding carboxylic acids is 3.